The van der Waals surface area contributed by atoms with Crippen LogP contribution in [0, 0.1) is 0 Å². The molecule has 0 unspecified atom stereocenters. The maximum Gasteiger partial charge on any atom is 0.325 e. The van der Waals surface area contributed by atoms with Gasteiger partial charge in [0.05, 0.1) is 5.75 Å². The highest BCUT2D eigenvalue weighted by Gasteiger charge is 2.27. The minimum Gasteiger partial charge on any atom is -0.459 e. The predicted octanol–water partition coefficient (Wildman–Crippen LogP) is 1.99. The zero-order valence-electron chi connectivity index (χ0n) is 12.2. The largest absolute Gasteiger partial charge is 0.459 e. The summed E-state index contributed by atoms with van der Waals surface area (Å²) in [7, 11) is -3.46. The topological polar surface area (TPSA) is 72.5 Å². The third-order valence-corrected chi connectivity index (χ3v) is 3.65. The van der Waals surface area contributed by atoms with Gasteiger partial charge in [0, 0.05) is 0 Å². The fourth-order valence-electron chi connectivity index (χ4n) is 1.34. The van der Waals surface area contributed by atoms with Crippen molar-refractivity contribution in [1.82, 2.24) is 4.72 Å². The number of hydrogen-bond donors (Lipinski definition) is 1. The molecule has 0 saturated carbocycles. The van der Waals surface area contributed by atoms with Crippen LogP contribution in [0.2, 0.25) is 0 Å². The van der Waals surface area contributed by atoms with Gasteiger partial charge in [-0.2, -0.15) is 0 Å². The Morgan fingerprint density at radius 1 is 1.42 bits per heavy atom. The summed E-state index contributed by atoms with van der Waals surface area (Å²) in [5.41, 5.74) is -0.647. The molecule has 0 aromatic rings. The van der Waals surface area contributed by atoms with Gasteiger partial charge in [-0.15, -0.1) is 6.58 Å². The Hall–Kier alpha value is -0.880. The van der Waals surface area contributed by atoms with Crippen molar-refractivity contribution in [3.63, 3.8) is 0 Å². The zero-order chi connectivity index (χ0) is 15.1. The fourth-order valence-corrected chi connectivity index (χ4v) is 2.75. The molecular weight excluding hydrogens is 266 g/mol. The first-order valence-electron chi connectivity index (χ1n) is 6.45. The minimum absolute atomic E-state index is 0.0138. The van der Waals surface area contributed by atoms with Crippen molar-refractivity contribution in [2.75, 3.05) is 5.75 Å². The molecule has 1 N–H and O–H groups in total. The van der Waals surface area contributed by atoms with Crippen LogP contribution >= 0.6 is 0 Å². The molecule has 0 rings (SSSR count). The normalized spacial score (nSPS) is 13.9. The maximum atomic E-state index is 11.9. The lowest BCUT2D eigenvalue weighted by Crippen LogP contribution is -2.44. The molecule has 0 aromatic carbocycles. The molecule has 0 radical (unpaired) electrons. The molecule has 0 amide bonds. The van der Waals surface area contributed by atoms with Crippen LogP contribution in [0.15, 0.2) is 12.7 Å². The van der Waals surface area contributed by atoms with Crippen LogP contribution in [0.25, 0.3) is 0 Å². The highest BCUT2D eigenvalue weighted by molar-refractivity contribution is 7.89. The number of carbonyl (C=O) groups excluding carboxylic acids is 1. The lowest BCUT2D eigenvalue weighted by molar-refractivity contribution is -0.156. The van der Waals surface area contributed by atoms with Crippen LogP contribution in [-0.4, -0.2) is 31.8 Å². The van der Waals surface area contributed by atoms with Crippen molar-refractivity contribution in [3.8, 4) is 0 Å². The van der Waals surface area contributed by atoms with Crippen LogP contribution in [0.3, 0.4) is 0 Å². The van der Waals surface area contributed by atoms with E-state index in [1.165, 1.54) is 6.08 Å². The van der Waals surface area contributed by atoms with Crippen molar-refractivity contribution < 1.29 is 17.9 Å². The summed E-state index contributed by atoms with van der Waals surface area (Å²) in [6.07, 6.45) is 3.04. The number of hydrogen-bond acceptors (Lipinski definition) is 4. The quantitative estimate of drug-likeness (QED) is 0.548. The Bertz CT molecular complexity index is 395. The number of sulfonamides is 1. The molecule has 112 valence electrons. The third kappa shape index (κ3) is 8.77. The van der Waals surface area contributed by atoms with E-state index in [0.29, 0.717) is 6.42 Å². The van der Waals surface area contributed by atoms with Gasteiger partial charge in [-0.3, -0.25) is 4.79 Å². The van der Waals surface area contributed by atoms with Crippen LogP contribution in [-0.2, 0) is 19.6 Å². The second-order valence-electron chi connectivity index (χ2n) is 5.40. The molecule has 19 heavy (non-hydrogen) atoms. The van der Waals surface area contributed by atoms with E-state index < -0.39 is 27.6 Å². The van der Waals surface area contributed by atoms with Gasteiger partial charge in [0.15, 0.2) is 0 Å². The average Bonchev–Trinajstić information content (AvgIpc) is 2.23. The summed E-state index contributed by atoms with van der Waals surface area (Å²) < 4.78 is 31.2. The standard InChI is InChI=1S/C13H25NO4S/c1-6-8-10-19(16,17)14-11(9-7-2)12(15)18-13(3,4)5/h7,11,14H,2,6,8-10H2,1,3-5H3/t11-/m0/s1. The molecule has 0 fully saturated rings. The lowest BCUT2D eigenvalue weighted by atomic mass is 10.1. The van der Waals surface area contributed by atoms with E-state index >= 15 is 0 Å². The van der Waals surface area contributed by atoms with Crippen LogP contribution in [0.4, 0.5) is 0 Å². The Balaban J connectivity index is 4.74. The van der Waals surface area contributed by atoms with E-state index in [0.717, 1.165) is 6.42 Å². The molecule has 0 aliphatic carbocycles. The van der Waals surface area contributed by atoms with Crippen molar-refractivity contribution in [2.45, 2.75) is 58.6 Å². The van der Waals surface area contributed by atoms with Crippen LogP contribution < -0.4 is 4.72 Å². The summed E-state index contributed by atoms with van der Waals surface area (Å²) in [4.78, 5) is 11.9. The lowest BCUT2D eigenvalue weighted by Gasteiger charge is -2.24. The number of unbranched alkanes of at least 4 members (excludes halogenated alkanes) is 1. The maximum absolute atomic E-state index is 11.9. The summed E-state index contributed by atoms with van der Waals surface area (Å²) in [5.74, 6) is -0.563. The SMILES string of the molecule is C=CC[C@H](NS(=O)(=O)CCCC)C(=O)OC(C)(C)C. The van der Waals surface area contributed by atoms with E-state index in [-0.39, 0.29) is 12.2 Å². The van der Waals surface area contributed by atoms with Crippen molar-refractivity contribution in [1.29, 1.82) is 0 Å². The van der Waals surface area contributed by atoms with Gasteiger partial charge in [-0.05, 0) is 33.6 Å². The summed E-state index contributed by atoms with van der Waals surface area (Å²) in [6.45, 7) is 10.6. The molecule has 6 heteroatoms. The van der Waals surface area contributed by atoms with E-state index in [9.17, 15) is 13.2 Å². The first-order chi connectivity index (χ1) is 8.61. The number of carbonyl (C=O) groups is 1. The first-order valence-corrected chi connectivity index (χ1v) is 8.10. The first kappa shape index (κ1) is 18.1. The molecule has 5 nitrogen and oxygen atoms in total. The van der Waals surface area contributed by atoms with Gasteiger partial charge in [0.1, 0.15) is 11.6 Å². The molecule has 0 spiro atoms. The van der Waals surface area contributed by atoms with Crippen molar-refractivity contribution >= 4 is 16.0 Å². The second kappa shape index (κ2) is 7.65. The number of esters is 1. The Morgan fingerprint density at radius 2 is 2.00 bits per heavy atom. The molecule has 0 aliphatic heterocycles. The summed E-state index contributed by atoms with van der Waals surface area (Å²) >= 11 is 0. The van der Waals surface area contributed by atoms with E-state index in [1.54, 1.807) is 20.8 Å². The van der Waals surface area contributed by atoms with Crippen molar-refractivity contribution in [2.24, 2.45) is 0 Å². The van der Waals surface area contributed by atoms with E-state index in [4.69, 9.17) is 4.74 Å². The van der Waals surface area contributed by atoms with Gasteiger partial charge < -0.3 is 4.74 Å². The Morgan fingerprint density at radius 3 is 2.42 bits per heavy atom. The van der Waals surface area contributed by atoms with Gasteiger partial charge in [0.2, 0.25) is 10.0 Å². The Kier molecular flexibility index (Phi) is 7.29. The second-order valence-corrected chi connectivity index (χ2v) is 7.27. The summed E-state index contributed by atoms with van der Waals surface area (Å²) in [5, 5.41) is 0. The zero-order valence-corrected chi connectivity index (χ0v) is 13.0. The van der Waals surface area contributed by atoms with Gasteiger partial charge in [0.25, 0.3) is 0 Å². The van der Waals surface area contributed by atoms with Crippen LogP contribution in [0.1, 0.15) is 47.0 Å². The van der Waals surface area contributed by atoms with Gasteiger partial charge >= 0.3 is 5.97 Å². The van der Waals surface area contributed by atoms with Gasteiger partial charge in [-0.1, -0.05) is 19.4 Å². The monoisotopic (exact) mass is 291 g/mol. The highest BCUT2D eigenvalue weighted by Crippen LogP contribution is 2.11. The predicted molar refractivity (Wildman–Crippen MR) is 76.3 cm³/mol. The molecule has 0 aromatic heterocycles. The average molecular weight is 291 g/mol. The van der Waals surface area contributed by atoms with Crippen molar-refractivity contribution in [3.05, 3.63) is 12.7 Å². The van der Waals surface area contributed by atoms with E-state index in [1.807, 2.05) is 6.92 Å². The molecule has 1 atom stereocenters. The van der Waals surface area contributed by atoms with Crippen LogP contribution in [0.5, 0.6) is 0 Å². The molecular formula is C13H25NO4S. The summed E-state index contributed by atoms with van der Waals surface area (Å²) in [6, 6.07) is -0.904. The molecule has 0 saturated heterocycles. The molecule has 0 heterocycles. The number of nitrogens with one attached hydrogen (secondary N) is 1. The molecule has 0 bridgehead atoms. The smallest absolute Gasteiger partial charge is 0.325 e. The molecule has 0 aliphatic rings. The van der Waals surface area contributed by atoms with Gasteiger partial charge in [-0.25, -0.2) is 13.1 Å². The highest BCUT2D eigenvalue weighted by atomic mass is 32.2. The Labute approximate surface area is 116 Å². The minimum atomic E-state index is -3.46. The van der Waals surface area contributed by atoms with E-state index in [2.05, 4.69) is 11.3 Å². The third-order valence-electron chi connectivity index (χ3n) is 2.18. The number of ether oxygens (including phenoxy) is 1. The number of rotatable bonds is 8. The fraction of sp³-hybridized carbons (Fsp3) is 0.769.